The zero-order valence-electron chi connectivity index (χ0n) is 14.3. The van der Waals surface area contributed by atoms with Crippen LogP contribution in [0.25, 0.3) is 0 Å². The SMILES string of the molecule is CCOP(=O)(/C=C(/[Se]c1ccccc1)C(=O)c1ccccc1)OCC. The normalized spacial score (nSPS) is 12.2. The molecule has 0 aromatic heterocycles. The van der Waals surface area contributed by atoms with Gasteiger partial charge in [-0.25, -0.2) is 0 Å². The van der Waals surface area contributed by atoms with E-state index in [0.717, 1.165) is 4.46 Å². The molecule has 4 nitrogen and oxygen atoms in total. The summed E-state index contributed by atoms with van der Waals surface area (Å²) in [6.45, 7) is 4.00. The number of benzene rings is 2. The maximum absolute atomic E-state index is 13.0. The molecule has 0 N–H and O–H groups in total. The summed E-state index contributed by atoms with van der Waals surface area (Å²) >= 11 is -0.307. The van der Waals surface area contributed by atoms with E-state index in [2.05, 4.69) is 0 Å². The van der Waals surface area contributed by atoms with E-state index >= 15 is 0 Å². The molecule has 0 heterocycles. The first-order chi connectivity index (χ1) is 12.1. The zero-order valence-corrected chi connectivity index (χ0v) is 16.9. The fourth-order valence-electron chi connectivity index (χ4n) is 2.09. The molecular weight excluding hydrogens is 402 g/mol. The summed E-state index contributed by atoms with van der Waals surface area (Å²) in [6.07, 6.45) is 0. The van der Waals surface area contributed by atoms with Crippen LogP contribution in [0.1, 0.15) is 24.2 Å². The van der Waals surface area contributed by atoms with Gasteiger partial charge in [-0.2, -0.15) is 0 Å². The van der Waals surface area contributed by atoms with Crippen LogP contribution < -0.4 is 4.46 Å². The van der Waals surface area contributed by atoms with E-state index in [4.69, 9.17) is 9.05 Å². The van der Waals surface area contributed by atoms with Gasteiger partial charge in [0.2, 0.25) is 0 Å². The molecule has 0 fully saturated rings. The van der Waals surface area contributed by atoms with Gasteiger partial charge in [-0.3, -0.25) is 0 Å². The van der Waals surface area contributed by atoms with Gasteiger partial charge in [0.15, 0.2) is 0 Å². The monoisotopic (exact) mass is 424 g/mol. The molecule has 6 heteroatoms. The molecule has 0 radical (unpaired) electrons. The van der Waals surface area contributed by atoms with Crippen molar-refractivity contribution in [3.05, 3.63) is 76.5 Å². The van der Waals surface area contributed by atoms with Gasteiger partial charge in [0.1, 0.15) is 0 Å². The Kier molecular flexibility index (Phi) is 7.83. The van der Waals surface area contributed by atoms with E-state index in [9.17, 15) is 9.36 Å². The second kappa shape index (κ2) is 9.86. The Morgan fingerprint density at radius 3 is 2.00 bits per heavy atom. The van der Waals surface area contributed by atoms with Crippen molar-refractivity contribution in [1.82, 2.24) is 0 Å². The van der Waals surface area contributed by atoms with Crippen LogP contribution in [0.3, 0.4) is 0 Å². The van der Waals surface area contributed by atoms with Crippen LogP contribution in [-0.4, -0.2) is 34.0 Å². The van der Waals surface area contributed by atoms with Gasteiger partial charge >= 0.3 is 155 Å². The van der Waals surface area contributed by atoms with Crippen molar-refractivity contribution in [3.63, 3.8) is 0 Å². The third kappa shape index (κ3) is 6.07. The molecule has 2 rings (SSSR count). The number of ketones is 1. The van der Waals surface area contributed by atoms with Gasteiger partial charge in [-0.1, -0.05) is 0 Å². The molecule has 2 aromatic rings. The predicted octanol–water partition coefficient (Wildman–Crippen LogP) is 4.01. The number of carbonyl (C=O) groups excluding carboxylic acids is 1. The quantitative estimate of drug-likeness (QED) is 0.265. The topological polar surface area (TPSA) is 52.6 Å². The molecule has 0 amide bonds. The molecule has 0 aliphatic heterocycles. The number of allylic oxidation sites excluding steroid dienone is 1. The van der Waals surface area contributed by atoms with E-state index in [1.54, 1.807) is 26.0 Å². The summed E-state index contributed by atoms with van der Waals surface area (Å²) in [6, 6.07) is 18.7. The fourth-order valence-corrected chi connectivity index (χ4v) is 6.23. The molecule has 0 unspecified atom stereocenters. The average Bonchev–Trinajstić information content (AvgIpc) is 2.62. The van der Waals surface area contributed by atoms with Crippen molar-refractivity contribution in [2.75, 3.05) is 13.2 Å². The van der Waals surface area contributed by atoms with Gasteiger partial charge in [0, 0.05) is 0 Å². The molecule has 0 saturated heterocycles. The molecule has 2 aromatic carbocycles. The summed E-state index contributed by atoms with van der Waals surface area (Å²) in [5.74, 6) is 1.26. The summed E-state index contributed by atoms with van der Waals surface area (Å²) in [5.41, 5.74) is 0.561. The molecule has 0 aliphatic rings. The van der Waals surface area contributed by atoms with Crippen LogP contribution in [0.4, 0.5) is 0 Å². The summed E-state index contributed by atoms with van der Waals surface area (Å²) in [5, 5.41) is 0. The van der Waals surface area contributed by atoms with E-state index in [1.165, 1.54) is 5.82 Å². The van der Waals surface area contributed by atoms with E-state index in [0.29, 0.717) is 10.0 Å². The zero-order chi connectivity index (χ0) is 18.1. The van der Waals surface area contributed by atoms with Gasteiger partial charge in [-0.05, 0) is 0 Å². The number of hydrogen-bond acceptors (Lipinski definition) is 4. The Balaban J connectivity index is 2.42. The molecule has 0 saturated carbocycles. The van der Waals surface area contributed by atoms with Gasteiger partial charge in [0.05, 0.1) is 0 Å². The molecule has 0 aliphatic carbocycles. The first-order valence-corrected chi connectivity index (χ1v) is 11.3. The van der Waals surface area contributed by atoms with Crippen molar-refractivity contribution in [2.45, 2.75) is 13.8 Å². The molecule has 25 heavy (non-hydrogen) atoms. The first kappa shape index (κ1) is 19.8. The van der Waals surface area contributed by atoms with Crippen LogP contribution in [-0.2, 0) is 13.6 Å². The van der Waals surface area contributed by atoms with Crippen molar-refractivity contribution < 1.29 is 18.4 Å². The van der Waals surface area contributed by atoms with Crippen molar-refractivity contribution >= 4 is 32.8 Å². The maximum atomic E-state index is 13.0. The second-order valence-corrected chi connectivity index (χ2v) is 9.17. The number of hydrogen-bond donors (Lipinski definition) is 0. The molecule has 0 spiro atoms. The summed E-state index contributed by atoms with van der Waals surface area (Å²) in [4.78, 5) is 13.0. The molecular formula is C19H21O4PSe. The Bertz CT molecular complexity index is 750. The van der Waals surface area contributed by atoms with Crippen LogP contribution >= 0.6 is 7.60 Å². The minimum absolute atomic E-state index is 0.149. The number of rotatable bonds is 9. The van der Waals surface area contributed by atoms with E-state index in [-0.39, 0.29) is 34.0 Å². The Labute approximate surface area is 154 Å². The second-order valence-electron chi connectivity index (χ2n) is 4.98. The van der Waals surface area contributed by atoms with Crippen LogP contribution in [0.15, 0.2) is 71.0 Å². The standard InChI is InChI=1S/C19H21O4PSe/c1-3-22-24(21,23-4-2)15-18(25-17-13-9-6-10-14-17)19(20)16-11-7-5-8-12-16/h5-15H,3-4H2,1-2H3/b18-15+. The van der Waals surface area contributed by atoms with E-state index < -0.39 is 7.60 Å². The Morgan fingerprint density at radius 2 is 1.48 bits per heavy atom. The van der Waals surface area contributed by atoms with Crippen LogP contribution in [0, 0.1) is 0 Å². The van der Waals surface area contributed by atoms with Crippen molar-refractivity contribution in [1.29, 1.82) is 0 Å². The third-order valence-corrected chi connectivity index (χ3v) is 7.49. The number of carbonyl (C=O) groups is 1. The van der Waals surface area contributed by atoms with E-state index in [1.807, 2.05) is 48.5 Å². The van der Waals surface area contributed by atoms with Crippen LogP contribution in [0.2, 0.25) is 0 Å². The number of Topliss-reactive ketones (excluding diaryl/α,β-unsaturated/α-hetero) is 1. The Hall–Kier alpha value is -1.48. The minimum atomic E-state index is -3.45. The van der Waals surface area contributed by atoms with Gasteiger partial charge in [-0.15, -0.1) is 0 Å². The van der Waals surface area contributed by atoms with Crippen molar-refractivity contribution in [3.8, 4) is 0 Å². The molecule has 132 valence electrons. The Morgan fingerprint density at radius 1 is 0.960 bits per heavy atom. The van der Waals surface area contributed by atoms with Gasteiger partial charge in [0.25, 0.3) is 0 Å². The van der Waals surface area contributed by atoms with Crippen molar-refractivity contribution in [2.24, 2.45) is 0 Å². The molecule has 0 atom stereocenters. The summed E-state index contributed by atoms with van der Waals surface area (Å²) in [7, 11) is -3.45. The van der Waals surface area contributed by atoms with Gasteiger partial charge < -0.3 is 0 Å². The third-order valence-electron chi connectivity index (χ3n) is 3.12. The fraction of sp³-hybridized carbons (Fsp3) is 0.211. The first-order valence-electron chi connectivity index (χ1n) is 8.02. The molecule has 0 bridgehead atoms. The average molecular weight is 423 g/mol. The van der Waals surface area contributed by atoms with Crippen LogP contribution in [0.5, 0.6) is 0 Å². The summed E-state index contributed by atoms with van der Waals surface area (Å²) < 4.78 is 25.1. The predicted molar refractivity (Wildman–Crippen MR) is 102 cm³/mol.